The van der Waals surface area contributed by atoms with Crippen molar-refractivity contribution in [1.29, 1.82) is 0 Å². The van der Waals surface area contributed by atoms with Gasteiger partial charge in [-0.1, -0.05) is 43.1 Å². The van der Waals surface area contributed by atoms with Crippen molar-refractivity contribution in [3.8, 4) is 0 Å². The highest BCUT2D eigenvalue weighted by Gasteiger charge is 2.09. The Morgan fingerprint density at radius 3 is 2.67 bits per heavy atom. The van der Waals surface area contributed by atoms with Crippen molar-refractivity contribution >= 4 is 39.9 Å². The molecule has 2 aromatic rings. The summed E-state index contributed by atoms with van der Waals surface area (Å²) in [5, 5.41) is 5.44. The van der Waals surface area contributed by atoms with Crippen LogP contribution < -0.4 is 5.32 Å². The zero-order chi connectivity index (χ0) is 13.1. The van der Waals surface area contributed by atoms with Crippen LogP contribution >= 0.6 is 23.2 Å². The molecule has 0 spiro atoms. The molecule has 0 unspecified atom stereocenters. The lowest BCUT2D eigenvalue weighted by Gasteiger charge is -2.12. The molecule has 18 heavy (non-hydrogen) atoms. The smallest absolute Gasteiger partial charge is 0.129 e. The first-order chi connectivity index (χ1) is 8.67. The molecule has 1 aromatic heterocycles. The Morgan fingerprint density at radius 1 is 1.22 bits per heavy atom. The van der Waals surface area contributed by atoms with Gasteiger partial charge in [-0.15, -0.1) is 0 Å². The van der Waals surface area contributed by atoms with Gasteiger partial charge in [-0.05, 0) is 30.5 Å². The van der Waals surface area contributed by atoms with Crippen molar-refractivity contribution in [2.24, 2.45) is 0 Å². The zero-order valence-electron chi connectivity index (χ0n) is 10.6. The molecule has 2 nitrogen and oxygen atoms in total. The number of benzene rings is 1. The molecule has 1 N–H and O–H groups in total. The Balaban J connectivity index is 2.58. The summed E-state index contributed by atoms with van der Waals surface area (Å²) in [6.45, 7) is 5.16. The minimum Gasteiger partial charge on any atom is -0.370 e. The molecule has 0 atom stereocenters. The molecular formula is C14H16Cl2N2. The fraction of sp³-hybridized carbons (Fsp3) is 0.357. The van der Waals surface area contributed by atoms with E-state index >= 15 is 0 Å². The summed E-state index contributed by atoms with van der Waals surface area (Å²) in [6, 6.07) is 5.90. The number of hydrogen-bond acceptors (Lipinski definition) is 2. The minimum atomic E-state index is 0.524. The fourth-order valence-corrected chi connectivity index (χ4v) is 2.26. The van der Waals surface area contributed by atoms with Crippen molar-refractivity contribution in [3.05, 3.63) is 33.8 Å². The summed E-state index contributed by atoms with van der Waals surface area (Å²) in [4.78, 5) is 4.62. The van der Waals surface area contributed by atoms with Gasteiger partial charge in [0.1, 0.15) is 5.82 Å². The molecule has 0 bridgehead atoms. The lowest BCUT2D eigenvalue weighted by atomic mass is 10.1. The van der Waals surface area contributed by atoms with Gasteiger partial charge in [0.15, 0.2) is 0 Å². The summed E-state index contributed by atoms with van der Waals surface area (Å²) in [6.07, 6.45) is 2.00. The first kappa shape index (κ1) is 13.4. The Kier molecular flexibility index (Phi) is 4.31. The minimum absolute atomic E-state index is 0.524. The molecule has 4 heteroatoms. The highest BCUT2D eigenvalue weighted by Crippen LogP contribution is 2.31. The average molecular weight is 283 g/mol. The van der Waals surface area contributed by atoms with Gasteiger partial charge >= 0.3 is 0 Å². The number of fused-ring (bicyclic) bond motifs is 1. The van der Waals surface area contributed by atoms with E-state index in [0.29, 0.717) is 10.0 Å². The molecule has 1 heterocycles. The Bertz CT molecular complexity index is 567. The number of hydrogen-bond donors (Lipinski definition) is 1. The van der Waals surface area contributed by atoms with Gasteiger partial charge in [0.05, 0.1) is 15.6 Å². The third-order valence-electron chi connectivity index (χ3n) is 2.88. The Morgan fingerprint density at radius 2 is 2.00 bits per heavy atom. The zero-order valence-corrected chi connectivity index (χ0v) is 12.1. The number of anilines is 1. The maximum absolute atomic E-state index is 6.21. The van der Waals surface area contributed by atoms with E-state index in [2.05, 4.69) is 30.2 Å². The van der Waals surface area contributed by atoms with Crippen LogP contribution in [0.15, 0.2) is 18.2 Å². The number of aromatic nitrogens is 1. The lowest BCUT2D eigenvalue weighted by Crippen LogP contribution is -2.05. The Hall–Kier alpha value is -0.990. The van der Waals surface area contributed by atoms with E-state index in [1.807, 2.05) is 12.1 Å². The molecule has 0 saturated heterocycles. The molecule has 0 amide bonds. The quantitative estimate of drug-likeness (QED) is 0.860. The van der Waals surface area contributed by atoms with Gasteiger partial charge in [-0.2, -0.15) is 0 Å². The van der Waals surface area contributed by atoms with Crippen LogP contribution in [0.2, 0.25) is 10.0 Å². The molecule has 0 aliphatic rings. The number of nitrogens with one attached hydrogen (secondary N) is 1. The average Bonchev–Trinajstić information content (AvgIpc) is 2.40. The first-order valence-corrected chi connectivity index (χ1v) is 6.94. The van der Waals surface area contributed by atoms with Crippen molar-refractivity contribution < 1.29 is 0 Å². The van der Waals surface area contributed by atoms with E-state index in [4.69, 9.17) is 23.2 Å². The number of pyridine rings is 1. The molecule has 2 rings (SSSR count). The highest BCUT2D eigenvalue weighted by molar-refractivity contribution is 6.45. The lowest BCUT2D eigenvalue weighted by molar-refractivity contribution is 0.962. The summed E-state index contributed by atoms with van der Waals surface area (Å²) >= 11 is 12.2. The number of aryl methyl sites for hydroxylation is 1. The second-order valence-corrected chi connectivity index (χ2v) is 4.99. The van der Waals surface area contributed by atoms with Crippen LogP contribution in [0.3, 0.4) is 0 Å². The third kappa shape index (κ3) is 2.55. The molecular weight excluding hydrogens is 267 g/mol. The normalized spacial score (nSPS) is 10.9. The van der Waals surface area contributed by atoms with E-state index in [9.17, 15) is 0 Å². The number of nitrogens with zero attached hydrogens (tertiary/aromatic N) is 1. The topological polar surface area (TPSA) is 24.9 Å². The van der Waals surface area contributed by atoms with Crippen LogP contribution in [0.25, 0.3) is 10.9 Å². The molecule has 0 saturated carbocycles. The second-order valence-electron chi connectivity index (χ2n) is 4.21. The molecule has 1 aromatic carbocycles. The van der Waals surface area contributed by atoms with E-state index in [1.54, 1.807) is 0 Å². The maximum Gasteiger partial charge on any atom is 0.129 e. The van der Waals surface area contributed by atoms with Gasteiger partial charge in [-0.25, -0.2) is 4.98 Å². The van der Waals surface area contributed by atoms with E-state index < -0.39 is 0 Å². The van der Waals surface area contributed by atoms with Crippen LogP contribution in [0.1, 0.15) is 25.8 Å². The monoisotopic (exact) mass is 282 g/mol. The fourth-order valence-electron chi connectivity index (χ4n) is 1.89. The largest absolute Gasteiger partial charge is 0.370 e. The number of rotatable bonds is 4. The molecule has 96 valence electrons. The SMILES string of the molecule is CCCNc1nc2c(Cl)c(Cl)ccc2cc1CC. The van der Waals surface area contributed by atoms with E-state index in [0.717, 1.165) is 36.1 Å². The van der Waals surface area contributed by atoms with Crippen LogP contribution in [0, 0.1) is 0 Å². The van der Waals surface area contributed by atoms with Crippen molar-refractivity contribution in [2.75, 3.05) is 11.9 Å². The highest BCUT2D eigenvalue weighted by atomic mass is 35.5. The predicted molar refractivity (Wildman–Crippen MR) is 79.9 cm³/mol. The van der Waals surface area contributed by atoms with Gasteiger partial charge in [-0.3, -0.25) is 0 Å². The molecule has 0 radical (unpaired) electrons. The van der Waals surface area contributed by atoms with Crippen LogP contribution in [-0.2, 0) is 6.42 Å². The molecule has 0 fully saturated rings. The predicted octanol–water partition coefficient (Wildman–Crippen LogP) is 4.93. The number of halogens is 2. The van der Waals surface area contributed by atoms with Gasteiger partial charge in [0, 0.05) is 11.9 Å². The van der Waals surface area contributed by atoms with Crippen LogP contribution in [0.4, 0.5) is 5.82 Å². The molecule has 0 aliphatic carbocycles. The summed E-state index contributed by atoms with van der Waals surface area (Å²) in [5.74, 6) is 0.913. The summed E-state index contributed by atoms with van der Waals surface area (Å²) in [7, 11) is 0. The first-order valence-electron chi connectivity index (χ1n) is 6.18. The van der Waals surface area contributed by atoms with Crippen LogP contribution in [-0.4, -0.2) is 11.5 Å². The Labute approximate surface area is 117 Å². The van der Waals surface area contributed by atoms with Crippen molar-refractivity contribution in [1.82, 2.24) is 4.98 Å². The third-order valence-corrected chi connectivity index (χ3v) is 3.68. The van der Waals surface area contributed by atoms with E-state index in [-0.39, 0.29) is 0 Å². The summed E-state index contributed by atoms with van der Waals surface area (Å²) < 4.78 is 0. The van der Waals surface area contributed by atoms with Gasteiger partial charge in [0.2, 0.25) is 0 Å². The maximum atomic E-state index is 6.21. The molecule has 0 aliphatic heterocycles. The second kappa shape index (κ2) is 5.77. The standard InChI is InChI=1S/C14H16Cl2N2/c1-3-7-17-14-9(4-2)8-10-5-6-11(15)12(16)13(10)18-14/h5-6,8H,3-4,7H2,1-2H3,(H,17,18). The van der Waals surface area contributed by atoms with Crippen molar-refractivity contribution in [3.63, 3.8) is 0 Å². The van der Waals surface area contributed by atoms with E-state index in [1.165, 1.54) is 5.56 Å². The van der Waals surface area contributed by atoms with Crippen LogP contribution in [0.5, 0.6) is 0 Å². The summed E-state index contributed by atoms with van der Waals surface area (Å²) in [5.41, 5.74) is 1.97. The van der Waals surface area contributed by atoms with Gasteiger partial charge < -0.3 is 5.32 Å². The van der Waals surface area contributed by atoms with Crippen molar-refractivity contribution in [2.45, 2.75) is 26.7 Å². The van der Waals surface area contributed by atoms with Gasteiger partial charge in [0.25, 0.3) is 0 Å².